The zero-order valence-electron chi connectivity index (χ0n) is 11.7. The molecule has 1 N–H and O–H groups in total. The van der Waals surface area contributed by atoms with Crippen molar-refractivity contribution < 1.29 is 22.4 Å². The predicted octanol–water partition coefficient (Wildman–Crippen LogP) is 3.75. The van der Waals surface area contributed by atoms with Crippen molar-refractivity contribution in [2.45, 2.75) is 26.3 Å². The fraction of sp³-hybridized carbons (Fsp3) is 0.286. The number of hydrogen-bond acceptors (Lipinski definition) is 3. The predicted molar refractivity (Wildman–Crippen MR) is 73.6 cm³/mol. The molecule has 118 valence electrons. The third-order valence-corrected chi connectivity index (χ3v) is 4.03. The Morgan fingerprint density at radius 3 is 2.50 bits per heavy atom. The molecular weight excluding hydrogens is 320 g/mol. The van der Waals surface area contributed by atoms with E-state index in [-0.39, 0.29) is 12.5 Å². The molecule has 2 aromatic rings. The summed E-state index contributed by atoms with van der Waals surface area (Å²) in [6, 6.07) is 0.323. The Morgan fingerprint density at radius 1 is 1.23 bits per heavy atom. The Balaban J connectivity index is 2.12. The summed E-state index contributed by atoms with van der Waals surface area (Å²) in [4.78, 5) is 16.0. The molecule has 1 heterocycles. The van der Waals surface area contributed by atoms with E-state index in [4.69, 9.17) is 0 Å². The van der Waals surface area contributed by atoms with Crippen LogP contribution in [-0.2, 0) is 6.54 Å². The first kappa shape index (κ1) is 16.4. The van der Waals surface area contributed by atoms with Gasteiger partial charge in [0.05, 0.1) is 22.8 Å². The van der Waals surface area contributed by atoms with Gasteiger partial charge in [-0.3, -0.25) is 4.79 Å². The van der Waals surface area contributed by atoms with Crippen LogP contribution in [0, 0.1) is 23.3 Å². The molecule has 0 bridgehead atoms. The molecule has 1 aromatic heterocycles. The van der Waals surface area contributed by atoms with Crippen LogP contribution in [0.5, 0.6) is 0 Å². The Labute approximate surface area is 128 Å². The summed E-state index contributed by atoms with van der Waals surface area (Å²) in [5.74, 6) is -8.13. The Hall–Kier alpha value is -1.96. The minimum absolute atomic E-state index is 0.0257. The first-order chi connectivity index (χ1) is 10.3. The number of thiazole rings is 1. The number of nitrogens with zero attached hydrogens (tertiary/aromatic N) is 1. The minimum atomic E-state index is -2.01. The van der Waals surface area contributed by atoms with Crippen molar-refractivity contribution in [1.29, 1.82) is 0 Å². The van der Waals surface area contributed by atoms with Crippen molar-refractivity contribution in [1.82, 2.24) is 10.3 Å². The first-order valence-corrected chi connectivity index (χ1v) is 7.24. The number of carbonyl (C=O) groups excluding carboxylic acids is 1. The van der Waals surface area contributed by atoms with Gasteiger partial charge >= 0.3 is 0 Å². The summed E-state index contributed by atoms with van der Waals surface area (Å²) < 4.78 is 52.5. The van der Waals surface area contributed by atoms with Crippen LogP contribution in [0.25, 0.3) is 0 Å². The normalized spacial score (nSPS) is 11.0. The summed E-state index contributed by atoms with van der Waals surface area (Å²) in [5, 5.41) is 4.88. The quantitative estimate of drug-likeness (QED) is 0.526. The maximum atomic E-state index is 13.5. The van der Waals surface area contributed by atoms with Crippen LogP contribution in [-0.4, -0.2) is 10.9 Å². The summed E-state index contributed by atoms with van der Waals surface area (Å²) in [6.07, 6.45) is 0. The molecule has 8 heteroatoms. The number of nitrogens with one attached hydrogen (secondary N) is 1. The highest BCUT2D eigenvalue weighted by Crippen LogP contribution is 2.20. The van der Waals surface area contributed by atoms with Crippen LogP contribution < -0.4 is 5.32 Å². The van der Waals surface area contributed by atoms with Gasteiger partial charge < -0.3 is 5.32 Å². The van der Waals surface area contributed by atoms with Crippen molar-refractivity contribution in [3.8, 4) is 0 Å². The molecule has 0 aliphatic rings. The molecule has 0 aliphatic heterocycles. The van der Waals surface area contributed by atoms with Crippen LogP contribution in [0.2, 0.25) is 0 Å². The molecule has 0 fully saturated rings. The van der Waals surface area contributed by atoms with Crippen molar-refractivity contribution in [3.05, 3.63) is 51.0 Å². The number of rotatable bonds is 4. The van der Waals surface area contributed by atoms with Crippen LogP contribution in [0.3, 0.4) is 0 Å². The number of halogens is 4. The van der Waals surface area contributed by atoms with E-state index >= 15 is 0 Å². The number of amides is 1. The van der Waals surface area contributed by atoms with Crippen molar-refractivity contribution in [3.63, 3.8) is 0 Å². The molecule has 0 saturated carbocycles. The molecule has 3 nitrogen and oxygen atoms in total. The second kappa shape index (κ2) is 6.43. The molecule has 0 saturated heterocycles. The fourth-order valence-corrected chi connectivity index (χ4v) is 2.51. The van der Waals surface area contributed by atoms with Gasteiger partial charge in [-0.2, -0.15) is 0 Å². The van der Waals surface area contributed by atoms with Crippen LogP contribution in [0.4, 0.5) is 17.6 Å². The van der Waals surface area contributed by atoms with Gasteiger partial charge in [-0.15, -0.1) is 11.3 Å². The summed E-state index contributed by atoms with van der Waals surface area (Å²) in [7, 11) is 0. The number of aromatic nitrogens is 1. The van der Waals surface area contributed by atoms with E-state index in [1.807, 2.05) is 13.8 Å². The smallest absolute Gasteiger partial charge is 0.254 e. The summed E-state index contributed by atoms with van der Waals surface area (Å²) in [6.45, 7) is 3.89. The monoisotopic (exact) mass is 332 g/mol. The van der Waals surface area contributed by atoms with E-state index in [1.165, 1.54) is 11.3 Å². The zero-order valence-corrected chi connectivity index (χ0v) is 12.5. The molecule has 1 amide bonds. The standard InChI is InChI=1S/C14H12F4N2OS/c1-6(2)14-20-7(5-22-14)4-19-13(21)8-3-9(15)11(17)12(18)10(8)16/h3,5-6H,4H2,1-2H3,(H,19,21). The average Bonchev–Trinajstić information content (AvgIpc) is 2.95. The highest BCUT2D eigenvalue weighted by Gasteiger charge is 2.23. The van der Waals surface area contributed by atoms with Gasteiger partial charge in [0, 0.05) is 11.3 Å². The SMILES string of the molecule is CC(C)c1nc(CNC(=O)c2cc(F)c(F)c(F)c2F)cs1. The average molecular weight is 332 g/mol. The van der Waals surface area contributed by atoms with Gasteiger partial charge in [-0.05, 0) is 6.07 Å². The molecular formula is C14H12F4N2OS. The molecule has 0 radical (unpaired) electrons. The molecule has 0 unspecified atom stereocenters. The van der Waals surface area contributed by atoms with Crippen LogP contribution >= 0.6 is 11.3 Å². The maximum Gasteiger partial charge on any atom is 0.254 e. The lowest BCUT2D eigenvalue weighted by molar-refractivity contribution is 0.0944. The third-order valence-electron chi connectivity index (χ3n) is 2.84. The van der Waals surface area contributed by atoms with Gasteiger partial charge in [0.2, 0.25) is 0 Å². The largest absolute Gasteiger partial charge is 0.346 e. The molecule has 1 aromatic carbocycles. The third kappa shape index (κ3) is 3.27. The van der Waals surface area contributed by atoms with Gasteiger partial charge in [0.25, 0.3) is 5.91 Å². The van der Waals surface area contributed by atoms with Crippen LogP contribution in [0.15, 0.2) is 11.4 Å². The summed E-state index contributed by atoms with van der Waals surface area (Å²) in [5.41, 5.74) is -0.346. The lowest BCUT2D eigenvalue weighted by Crippen LogP contribution is -2.25. The Morgan fingerprint density at radius 2 is 1.91 bits per heavy atom. The van der Waals surface area contributed by atoms with E-state index in [2.05, 4.69) is 10.3 Å². The van der Waals surface area contributed by atoms with Gasteiger partial charge in [0.15, 0.2) is 23.3 Å². The molecule has 0 atom stereocenters. The number of carbonyl (C=O) groups is 1. The second-order valence-corrected chi connectivity index (χ2v) is 5.75. The van der Waals surface area contributed by atoms with Crippen molar-refractivity contribution >= 4 is 17.2 Å². The van der Waals surface area contributed by atoms with Crippen molar-refractivity contribution in [2.24, 2.45) is 0 Å². The van der Waals surface area contributed by atoms with E-state index in [1.54, 1.807) is 5.38 Å². The fourth-order valence-electron chi connectivity index (χ4n) is 1.67. The van der Waals surface area contributed by atoms with E-state index in [0.717, 1.165) is 5.01 Å². The maximum absolute atomic E-state index is 13.5. The highest BCUT2D eigenvalue weighted by atomic mass is 32.1. The molecule has 0 spiro atoms. The van der Waals surface area contributed by atoms with Crippen molar-refractivity contribution in [2.75, 3.05) is 0 Å². The topological polar surface area (TPSA) is 42.0 Å². The summed E-state index contributed by atoms with van der Waals surface area (Å²) >= 11 is 1.41. The van der Waals surface area contributed by atoms with Gasteiger partial charge in [-0.25, -0.2) is 22.5 Å². The van der Waals surface area contributed by atoms with E-state index in [0.29, 0.717) is 11.8 Å². The minimum Gasteiger partial charge on any atom is -0.346 e. The van der Waals surface area contributed by atoms with Gasteiger partial charge in [0.1, 0.15) is 0 Å². The lowest BCUT2D eigenvalue weighted by atomic mass is 10.1. The van der Waals surface area contributed by atoms with E-state index < -0.39 is 34.7 Å². The van der Waals surface area contributed by atoms with E-state index in [9.17, 15) is 22.4 Å². The first-order valence-electron chi connectivity index (χ1n) is 6.36. The number of hydrogen-bond donors (Lipinski definition) is 1. The van der Waals surface area contributed by atoms with Crippen LogP contribution in [0.1, 0.15) is 40.8 Å². The Kier molecular flexibility index (Phi) is 4.80. The molecule has 0 aliphatic carbocycles. The number of benzene rings is 1. The lowest BCUT2D eigenvalue weighted by Gasteiger charge is -2.06. The molecule has 2 rings (SSSR count). The Bertz CT molecular complexity index is 715. The highest BCUT2D eigenvalue weighted by molar-refractivity contribution is 7.09. The zero-order chi connectivity index (χ0) is 16.4. The van der Waals surface area contributed by atoms with Gasteiger partial charge in [-0.1, -0.05) is 13.8 Å². The molecule has 22 heavy (non-hydrogen) atoms. The second-order valence-electron chi connectivity index (χ2n) is 4.86.